The lowest BCUT2D eigenvalue weighted by Crippen LogP contribution is -2.60. The molecule has 8 N–H and O–H groups in total. The maximum atomic E-state index is 14.6. The van der Waals surface area contributed by atoms with Gasteiger partial charge >= 0.3 is 0 Å². The van der Waals surface area contributed by atoms with Gasteiger partial charge in [-0.25, -0.2) is 0 Å². The maximum absolute atomic E-state index is 14.6. The third-order valence-electron chi connectivity index (χ3n) is 18.1. The normalized spacial score (nSPS) is 34.3. The van der Waals surface area contributed by atoms with Crippen molar-refractivity contribution in [3.63, 3.8) is 0 Å². The Bertz CT molecular complexity index is 2470. The molecule has 3 aromatic carbocycles. The molecular weight excluding hydrogens is 827 g/mol. The summed E-state index contributed by atoms with van der Waals surface area (Å²) < 4.78 is 5.53. The summed E-state index contributed by atoms with van der Waals surface area (Å²) in [5.74, 6) is 9.80. The topological polar surface area (TPSA) is 174 Å². The van der Waals surface area contributed by atoms with Gasteiger partial charge < -0.3 is 41.5 Å². The molecule has 5 fully saturated rings. The molecule has 0 bridgehead atoms. The minimum absolute atomic E-state index is 0.0511. The first-order chi connectivity index (χ1) is 31.9. The number of aliphatic hydroxyl groups excluding tert-OH is 3. The first-order valence-electron chi connectivity index (χ1n) is 25.1. The maximum Gasteiger partial charge on any atom is 0.160 e. The van der Waals surface area contributed by atoms with Crippen molar-refractivity contribution >= 4 is 22.3 Å². The van der Waals surface area contributed by atoms with E-state index in [4.69, 9.17) is 10.5 Å². The lowest BCUT2D eigenvalue weighted by atomic mass is 9.49. The number of nitrogens with one attached hydrogen (secondary N) is 2. The van der Waals surface area contributed by atoms with Gasteiger partial charge in [0.15, 0.2) is 17.3 Å². The fourth-order valence-corrected chi connectivity index (χ4v) is 14.7. The van der Waals surface area contributed by atoms with Crippen LogP contribution in [0.15, 0.2) is 78.1 Å². The van der Waals surface area contributed by atoms with E-state index in [9.17, 15) is 30.0 Å². The van der Waals surface area contributed by atoms with Gasteiger partial charge in [-0.1, -0.05) is 66.8 Å². The number of carbonyl (C=O) groups is 2. The second-order valence-electron chi connectivity index (χ2n) is 21.4. The summed E-state index contributed by atoms with van der Waals surface area (Å²) in [4.78, 5) is 27.1. The van der Waals surface area contributed by atoms with Gasteiger partial charge in [-0.05, 0) is 170 Å². The number of nitrogens with two attached hydrogens (primary N) is 1. The Labute approximate surface area is 389 Å². The van der Waals surface area contributed by atoms with E-state index in [2.05, 4.69) is 58.9 Å². The molecule has 10 heteroatoms. The summed E-state index contributed by atoms with van der Waals surface area (Å²) in [5, 5.41) is 56.7. The van der Waals surface area contributed by atoms with Crippen molar-refractivity contribution in [1.29, 1.82) is 0 Å². The molecule has 13 atom stereocenters. The Balaban J connectivity index is 0.911. The number of allylic oxidation sites excluding steroid dienone is 2. The molecule has 66 heavy (non-hydrogen) atoms. The number of benzene rings is 3. The van der Waals surface area contributed by atoms with Crippen LogP contribution in [-0.2, 0) is 16.0 Å². The summed E-state index contributed by atoms with van der Waals surface area (Å²) >= 11 is 0. The molecule has 2 aliphatic heterocycles. The highest BCUT2D eigenvalue weighted by molar-refractivity contribution is 5.89. The highest BCUT2D eigenvalue weighted by atomic mass is 16.5. The number of hydrogen-bond acceptors (Lipinski definition) is 10. The number of Topliss-reactive ketones (excluding diaryl/α,β-unsaturated/α-hetero) is 2. The summed E-state index contributed by atoms with van der Waals surface area (Å²) in [5.41, 5.74) is 8.66. The minimum atomic E-state index is -1.25. The van der Waals surface area contributed by atoms with E-state index < -0.39 is 29.6 Å². The number of hydrogen-bond donors (Lipinski definition) is 7. The van der Waals surface area contributed by atoms with E-state index >= 15 is 0 Å². The Hall–Kier alpha value is -4.66. The summed E-state index contributed by atoms with van der Waals surface area (Å²) in [6, 6.07) is 18.2. The standard InChI is InChI=1S/C56H69N3O7/c1-66-51-26-37-10-15-52(64)55(20-16-33(23-53(55)65)31-56-19-4-7-40(56)11-13-42-43-14-12-41(60)28-47(43)59-32-46(42)56)21-17-38(45(37)30-50(51)63)25-48(61)49(62)29-44(39-18-22-58-54(57)27-39)36-9-8-34-5-2-3-6-35(34)24-36/h2-3,5-6,8-9,18,24,26-27,30,33,38,40,42-44,46-49,53,58-59,61-63,65H,4,7,10-16,19-20,22-23,25,28-29,31-32,57H2,1H3/t33-,38+,40+,42-,43-,44-,46+,47+,48-,49+,53+,55-,56+/m0/s1. The molecule has 1 spiro atoms. The molecule has 10 rings (SSSR count). The van der Waals surface area contributed by atoms with Crippen LogP contribution in [-0.4, -0.2) is 76.5 Å². The summed E-state index contributed by atoms with van der Waals surface area (Å²) in [6.07, 6.45) is 13.0. The molecule has 350 valence electrons. The molecule has 5 aliphatic carbocycles. The predicted octanol–water partition coefficient (Wildman–Crippen LogP) is 7.46. The molecule has 0 amide bonds. The zero-order valence-corrected chi connectivity index (χ0v) is 38.5. The van der Waals surface area contributed by atoms with Gasteiger partial charge in [0, 0.05) is 43.7 Å². The van der Waals surface area contributed by atoms with Gasteiger partial charge in [-0.2, -0.15) is 0 Å². The van der Waals surface area contributed by atoms with Gasteiger partial charge in [0.1, 0.15) is 11.2 Å². The van der Waals surface area contributed by atoms with Crippen LogP contribution in [0, 0.1) is 52.3 Å². The first-order valence-corrected chi connectivity index (χ1v) is 25.1. The second kappa shape index (κ2) is 18.4. The average molecular weight is 896 g/mol. The van der Waals surface area contributed by atoms with Crippen molar-refractivity contribution in [2.24, 2.45) is 46.2 Å². The van der Waals surface area contributed by atoms with Crippen molar-refractivity contribution < 1.29 is 34.8 Å². The zero-order valence-electron chi connectivity index (χ0n) is 38.5. The van der Waals surface area contributed by atoms with Crippen LogP contribution in [0.1, 0.15) is 125 Å². The van der Waals surface area contributed by atoms with Crippen LogP contribution < -0.4 is 21.1 Å². The lowest BCUT2D eigenvalue weighted by Gasteiger charge is -2.58. The van der Waals surface area contributed by atoms with Gasteiger partial charge in [0.2, 0.25) is 0 Å². The van der Waals surface area contributed by atoms with Crippen LogP contribution in [0.2, 0.25) is 0 Å². The Morgan fingerprint density at radius 3 is 2.61 bits per heavy atom. The minimum Gasteiger partial charge on any atom is -0.504 e. The van der Waals surface area contributed by atoms with E-state index in [-0.39, 0.29) is 48.0 Å². The van der Waals surface area contributed by atoms with Gasteiger partial charge in [0.05, 0.1) is 31.2 Å². The van der Waals surface area contributed by atoms with E-state index in [1.54, 1.807) is 12.1 Å². The Morgan fingerprint density at radius 2 is 1.79 bits per heavy atom. The Morgan fingerprint density at radius 1 is 0.939 bits per heavy atom. The second-order valence-corrected chi connectivity index (χ2v) is 21.4. The average Bonchev–Trinajstić information content (AvgIpc) is 3.76. The van der Waals surface area contributed by atoms with E-state index in [1.165, 1.54) is 39.2 Å². The molecule has 2 heterocycles. The van der Waals surface area contributed by atoms with Crippen molar-refractivity contribution in [2.45, 2.75) is 139 Å². The SMILES string of the molecule is COc1cc2c(cc1O)[C@@H](C[C@H](O)[C@H](O)C[C@H](C1=CCNC(N)=C1)c1ccc3ccccc3c1)C#C[C@@]1(CC[C@H](C[C@]34CCC[C@@H]3CC[C@H]3[C@@H]5CCC(=O)C[C@H]5NC[C@H]34)C[C@H]1O)C(=O)CC2. The molecule has 7 aliphatic rings. The molecule has 0 unspecified atom stereocenters. The molecule has 10 nitrogen and oxygen atoms in total. The molecular formula is C56H69N3O7. The summed E-state index contributed by atoms with van der Waals surface area (Å²) in [7, 11) is 1.50. The van der Waals surface area contributed by atoms with E-state index in [0.29, 0.717) is 91.3 Å². The number of piperidine rings is 1. The van der Waals surface area contributed by atoms with Gasteiger partial charge in [-0.15, -0.1) is 0 Å². The number of ketones is 2. The van der Waals surface area contributed by atoms with Crippen LogP contribution in [0.3, 0.4) is 0 Å². The molecule has 0 aromatic heterocycles. The van der Waals surface area contributed by atoms with Crippen molar-refractivity contribution in [1.82, 2.24) is 10.6 Å². The number of dihydropyridines is 1. The highest BCUT2D eigenvalue weighted by Gasteiger charge is 2.59. The smallest absolute Gasteiger partial charge is 0.160 e. The number of phenols is 1. The van der Waals surface area contributed by atoms with E-state index in [0.717, 1.165) is 53.3 Å². The Kier molecular flexibility index (Phi) is 12.6. The molecule has 3 aromatic rings. The number of fused-ring (bicyclic) bond motifs is 7. The summed E-state index contributed by atoms with van der Waals surface area (Å²) in [6.45, 7) is 1.53. The number of aliphatic hydroxyl groups is 3. The number of aromatic hydroxyl groups is 1. The van der Waals surface area contributed by atoms with E-state index in [1.807, 2.05) is 18.2 Å². The van der Waals surface area contributed by atoms with Crippen molar-refractivity contribution in [2.75, 3.05) is 20.2 Å². The van der Waals surface area contributed by atoms with Crippen molar-refractivity contribution in [3.8, 4) is 23.3 Å². The van der Waals surface area contributed by atoms with Gasteiger partial charge in [-0.3, -0.25) is 9.59 Å². The number of methoxy groups -OCH3 is 1. The quantitative estimate of drug-likeness (QED) is 0.101. The lowest BCUT2D eigenvalue weighted by molar-refractivity contribution is -0.136. The number of aryl methyl sites for hydroxylation is 1. The monoisotopic (exact) mass is 896 g/mol. The first kappa shape index (κ1) is 45.1. The fraction of sp³-hybridized carbons (Fsp3) is 0.571. The van der Waals surface area contributed by atoms with Crippen LogP contribution >= 0.6 is 0 Å². The molecule has 0 radical (unpaired) electrons. The molecule has 4 saturated carbocycles. The third-order valence-corrected chi connectivity index (χ3v) is 18.1. The van der Waals surface area contributed by atoms with Crippen LogP contribution in [0.4, 0.5) is 0 Å². The van der Waals surface area contributed by atoms with Crippen molar-refractivity contribution in [3.05, 3.63) is 94.8 Å². The number of ether oxygens (including phenoxy) is 1. The van der Waals surface area contributed by atoms with Crippen LogP contribution in [0.5, 0.6) is 11.5 Å². The predicted molar refractivity (Wildman–Crippen MR) is 255 cm³/mol. The largest absolute Gasteiger partial charge is 0.504 e. The molecule has 1 saturated heterocycles. The fourth-order valence-electron chi connectivity index (χ4n) is 14.7. The number of carbonyl (C=O) groups excluding carboxylic acids is 2. The number of phenolic OH excluding ortho intramolecular Hbond substituents is 1. The zero-order chi connectivity index (χ0) is 45.7. The number of rotatable bonds is 10. The third kappa shape index (κ3) is 8.37. The van der Waals surface area contributed by atoms with Crippen LogP contribution in [0.25, 0.3) is 10.8 Å². The highest BCUT2D eigenvalue weighted by Crippen LogP contribution is 2.64. The van der Waals surface area contributed by atoms with Gasteiger partial charge in [0.25, 0.3) is 0 Å².